The van der Waals surface area contributed by atoms with E-state index < -0.39 is 0 Å². The molecule has 1 aromatic heterocycles. The molecule has 29 heavy (non-hydrogen) atoms. The van der Waals surface area contributed by atoms with Gasteiger partial charge >= 0.3 is 0 Å². The zero-order chi connectivity index (χ0) is 20.0. The van der Waals surface area contributed by atoms with Gasteiger partial charge < -0.3 is 4.57 Å². The van der Waals surface area contributed by atoms with Crippen LogP contribution in [0.5, 0.6) is 0 Å². The molecule has 140 valence electrons. The summed E-state index contributed by atoms with van der Waals surface area (Å²) < 4.78 is 2.27. The van der Waals surface area contributed by atoms with Crippen molar-refractivity contribution >= 4 is 27.5 Å². The van der Waals surface area contributed by atoms with E-state index in [-0.39, 0.29) is 10.6 Å². The lowest BCUT2D eigenvalue weighted by molar-refractivity contribution is -0.385. The second-order valence-electron chi connectivity index (χ2n) is 7.18. The second-order valence-corrected chi connectivity index (χ2v) is 7.18. The van der Waals surface area contributed by atoms with Gasteiger partial charge in [0.15, 0.2) is 0 Å². The lowest BCUT2D eigenvalue weighted by Gasteiger charge is -2.09. The number of hydrogen-bond acceptors (Lipinski definition) is 2. The highest BCUT2D eigenvalue weighted by Crippen LogP contribution is 2.35. The summed E-state index contributed by atoms with van der Waals surface area (Å²) in [6.07, 6.45) is 0. The van der Waals surface area contributed by atoms with Gasteiger partial charge in [-0.25, -0.2) is 0 Å². The first-order valence-corrected chi connectivity index (χ1v) is 9.47. The molecule has 5 rings (SSSR count). The Labute approximate surface area is 167 Å². The molecule has 4 aromatic carbocycles. The third-order valence-electron chi connectivity index (χ3n) is 5.41. The van der Waals surface area contributed by atoms with E-state index in [2.05, 4.69) is 59.2 Å². The van der Waals surface area contributed by atoms with Gasteiger partial charge in [0.05, 0.1) is 16.0 Å². The molecule has 4 nitrogen and oxygen atoms in total. The molecule has 0 radical (unpaired) electrons. The summed E-state index contributed by atoms with van der Waals surface area (Å²) in [6.45, 7) is 1.78. The molecule has 0 fully saturated rings. The average Bonchev–Trinajstić information content (AvgIpc) is 3.07. The third-order valence-corrected chi connectivity index (χ3v) is 5.41. The second kappa shape index (κ2) is 6.60. The van der Waals surface area contributed by atoms with Gasteiger partial charge in [0.2, 0.25) is 0 Å². The lowest BCUT2D eigenvalue weighted by atomic mass is 10.0. The van der Waals surface area contributed by atoms with Crippen LogP contribution < -0.4 is 0 Å². The molecular weight excluding hydrogens is 360 g/mol. The van der Waals surface area contributed by atoms with Crippen molar-refractivity contribution in [2.75, 3.05) is 0 Å². The fourth-order valence-electron chi connectivity index (χ4n) is 4.05. The number of rotatable bonds is 3. The number of nitrogens with zero attached hydrogens (tertiary/aromatic N) is 2. The third kappa shape index (κ3) is 2.77. The summed E-state index contributed by atoms with van der Waals surface area (Å²) >= 11 is 0. The Hall–Kier alpha value is -3.92. The highest BCUT2D eigenvalue weighted by Gasteiger charge is 2.14. The van der Waals surface area contributed by atoms with Gasteiger partial charge in [-0.1, -0.05) is 48.5 Å². The minimum Gasteiger partial charge on any atom is -0.309 e. The van der Waals surface area contributed by atoms with Crippen molar-refractivity contribution in [1.82, 2.24) is 4.57 Å². The van der Waals surface area contributed by atoms with Crippen LogP contribution in [-0.4, -0.2) is 9.49 Å². The van der Waals surface area contributed by atoms with Crippen LogP contribution in [0.2, 0.25) is 0 Å². The predicted molar refractivity (Wildman–Crippen MR) is 118 cm³/mol. The monoisotopic (exact) mass is 378 g/mol. The van der Waals surface area contributed by atoms with E-state index in [0.717, 1.165) is 27.8 Å². The van der Waals surface area contributed by atoms with E-state index in [9.17, 15) is 10.1 Å². The Balaban J connectivity index is 1.78. The number of hydrogen-bond donors (Lipinski definition) is 0. The Morgan fingerprint density at radius 1 is 0.724 bits per heavy atom. The fourth-order valence-corrected chi connectivity index (χ4v) is 4.05. The van der Waals surface area contributed by atoms with E-state index in [4.69, 9.17) is 0 Å². The SMILES string of the molecule is Cc1cc(-c2ccc3c4ccccc4n(-c4ccccc4)c3c2)ccc1[N+](=O)[O-]. The number of nitro groups is 1. The maximum absolute atomic E-state index is 11.1. The molecule has 0 bridgehead atoms. The molecule has 1 heterocycles. The number of benzene rings is 4. The van der Waals surface area contributed by atoms with Gasteiger partial charge in [0.25, 0.3) is 5.69 Å². The van der Waals surface area contributed by atoms with Gasteiger partial charge in [-0.3, -0.25) is 10.1 Å². The largest absolute Gasteiger partial charge is 0.309 e. The van der Waals surface area contributed by atoms with Crippen LogP contribution in [0.15, 0.2) is 91.0 Å². The summed E-state index contributed by atoms with van der Waals surface area (Å²) in [5, 5.41) is 13.5. The molecule has 0 saturated heterocycles. The maximum Gasteiger partial charge on any atom is 0.272 e. The van der Waals surface area contributed by atoms with Crippen LogP contribution in [0.25, 0.3) is 38.6 Å². The Morgan fingerprint density at radius 3 is 2.14 bits per heavy atom. The molecule has 5 aromatic rings. The van der Waals surface area contributed by atoms with E-state index in [1.54, 1.807) is 13.0 Å². The van der Waals surface area contributed by atoms with Gasteiger partial charge in [-0.15, -0.1) is 0 Å². The molecule has 0 atom stereocenters. The molecule has 0 saturated carbocycles. The number of nitro benzene ring substituents is 1. The standard InChI is InChI=1S/C25H18N2O2/c1-17-15-18(12-14-23(17)27(28)29)19-11-13-22-21-9-5-6-10-24(21)26(25(22)16-19)20-7-3-2-4-8-20/h2-16H,1H3. The molecular formula is C25H18N2O2. The predicted octanol–water partition coefficient (Wildman–Crippen LogP) is 6.67. The summed E-state index contributed by atoms with van der Waals surface area (Å²) in [5.74, 6) is 0. The minimum absolute atomic E-state index is 0.147. The van der Waals surface area contributed by atoms with Crippen LogP contribution in [0.4, 0.5) is 5.69 Å². The van der Waals surface area contributed by atoms with Crippen LogP contribution >= 0.6 is 0 Å². The van der Waals surface area contributed by atoms with Crippen LogP contribution in [-0.2, 0) is 0 Å². The van der Waals surface area contributed by atoms with Crippen LogP contribution in [0.3, 0.4) is 0 Å². The molecule has 0 aliphatic rings. The van der Waals surface area contributed by atoms with Crippen molar-refractivity contribution in [3.63, 3.8) is 0 Å². The van der Waals surface area contributed by atoms with Crippen molar-refractivity contribution in [3.8, 4) is 16.8 Å². The first-order valence-electron chi connectivity index (χ1n) is 9.47. The van der Waals surface area contributed by atoms with Crippen molar-refractivity contribution < 1.29 is 4.92 Å². The van der Waals surface area contributed by atoms with Crippen molar-refractivity contribution in [3.05, 3.63) is 107 Å². The van der Waals surface area contributed by atoms with Crippen molar-refractivity contribution in [2.24, 2.45) is 0 Å². The molecule has 4 heteroatoms. The van der Waals surface area contributed by atoms with Gasteiger partial charge in [-0.05, 0) is 54.4 Å². The van der Waals surface area contributed by atoms with E-state index >= 15 is 0 Å². The zero-order valence-electron chi connectivity index (χ0n) is 15.9. The Kier molecular flexibility index (Phi) is 3.91. The molecule has 0 unspecified atom stereocenters. The summed E-state index contributed by atoms with van der Waals surface area (Å²) in [4.78, 5) is 10.8. The smallest absolute Gasteiger partial charge is 0.272 e. The van der Waals surface area contributed by atoms with Crippen LogP contribution in [0.1, 0.15) is 5.56 Å². The first-order chi connectivity index (χ1) is 14.1. The number of para-hydroxylation sites is 2. The quantitative estimate of drug-likeness (QED) is 0.260. The summed E-state index contributed by atoms with van der Waals surface area (Å²) in [7, 11) is 0. The summed E-state index contributed by atoms with van der Waals surface area (Å²) in [6, 6.07) is 30.4. The maximum atomic E-state index is 11.1. The Bertz CT molecular complexity index is 1380. The van der Waals surface area contributed by atoms with Crippen LogP contribution in [0, 0.1) is 17.0 Å². The lowest BCUT2D eigenvalue weighted by Crippen LogP contribution is -1.94. The van der Waals surface area contributed by atoms with Crippen molar-refractivity contribution in [2.45, 2.75) is 6.92 Å². The number of aryl methyl sites for hydroxylation is 1. The zero-order valence-corrected chi connectivity index (χ0v) is 15.9. The van der Waals surface area contributed by atoms with E-state index in [0.29, 0.717) is 5.56 Å². The number of fused-ring (bicyclic) bond motifs is 3. The molecule has 0 amide bonds. The topological polar surface area (TPSA) is 48.1 Å². The Morgan fingerprint density at radius 2 is 1.38 bits per heavy atom. The molecule has 0 aliphatic carbocycles. The van der Waals surface area contributed by atoms with E-state index in [1.165, 1.54) is 10.8 Å². The van der Waals surface area contributed by atoms with Gasteiger partial charge in [0, 0.05) is 28.1 Å². The molecule has 0 N–H and O–H groups in total. The molecule has 0 aliphatic heterocycles. The van der Waals surface area contributed by atoms with E-state index in [1.807, 2.05) is 30.3 Å². The first kappa shape index (κ1) is 17.2. The normalized spacial score (nSPS) is 11.2. The summed E-state index contributed by atoms with van der Waals surface area (Å²) in [5.41, 5.74) is 6.20. The molecule has 0 spiro atoms. The fraction of sp³-hybridized carbons (Fsp3) is 0.0400. The van der Waals surface area contributed by atoms with Crippen molar-refractivity contribution in [1.29, 1.82) is 0 Å². The number of aromatic nitrogens is 1. The van der Waals surface area contributed by atoms with Gasteiger partial charge in [-0.2, -0.15) is 0 Å². The minimum atomic E-state index is -0.338. The highest BCUT2D eigenvalue weighted by molar-refractivity contribution is 6.10. The average molecular weight is 378 g/mol. The highest BCUT2D eigenvalue weighted by atomic mass is 16.6. The van der Waals surface area contributed by atoms with Gasteiger partial charge in [0.1, 0.15) is 0 Å².